The normalized spacial score (nSPS) is 16.9. The first-order chi connectivity index (χ1) is 4.06. The fourth-order valence-electron chi connectivity index (χ4n) is 0.616. The molecule has 0 radical (unpaired) electrons. The van der Waals surface area contributed by atoms with Crippen molar-refractivity contribution in [3.63, 3.8) is 0 Å². The Labute approximate surface area is 56.7 Å². The van der Waals surface area contributed by atoms with Gasteiger partial charge in [-0.3, -0.25) is 0 Å². The van der Waals surface area contributed by atoms with Crippen LogP contribution in [0.15, 0.2) is 0 Å². The molecule has 0 rings (SSSR count). The van der Waals surface area contributed by atoms with Crippen LogP contribution in [0.2, 0.25) is 0 Å². The summed E-state index contributed by atoms with van der Waals surface area (Å²) >= 11 is 0. The Bertz CT molecular complexity index is 123. The summed E-state index contributed by atoms with van der Waals surface area (Å²) < 4.78 is 0. The summed E-state index contributed by atoms with van der Waals surface area (Å²) in [4.78, 5) is 0. The zero-order chi connectivity index (χ0) is 7.49. The molecule has 0 heterocycles. The van der Waals surface area contributed by atoms with E-state index < -0.39 is 5.54 Å². The Morgan fingerprint density at radius 1 is 1.67 bits per heavy atom. The monoisotopic (exact) mass is 126 g/mol. The summed E-state index contributed by atoms with van der Waals surface area (Å²) in [5, 5.41) is 8.58. The molecular formula is C7H14N2. The lowest BCUT2D eigenvalue weighted by atomic mass is 9.87. The molecule has 52 valence electrons. The Morgan fingerprint density at radius 3 is 2.11 bits per heavy atom. The molecule has 0 aliphatic heterocycles. The quantitative estimate of drug-likeness (QED) is 0.605. The third-order valence-corrected chi connectivity index (χ3v) is 1.82. The summed E-state index contributed by atoms with van der Waals surface area (Å²) in [5.41, 5.74) is 5.07. The van der Waals surface area contributed by atoms with E-state index in [0.29, 0.717) is 0 Å². The minimum atomic E-state index is -0.611. The first kappa shape index (κ1) is 8.45. The SMILES string of the molecule is CC[C@@](N)(C#N)C(C)C. The van der Waals surface area contributed by atoms with Crippen molar-refractivity contribution in [2.24, 2.45) is 11.7 Å². The van der Waals surface area contributed by atoms with Gasteiger partial charge >= 0.3 is 0 Å². The minimum absolute atomic E-state index is 0.243. The van der Waals surface area contributed by atoms with Crippen molar-refractivity contribution in [1.82, 2.24) is 0 Å². The van der Waals surface area contributed by atoms with Crippen LogP contribution >= 0.6 is 0 Å². The average molecular weight is 126 g/mol. The van der Waals surface area contributed by atoms with Gasteiger partial charge in [0.15, 0.2) is 0 Å². The highest BCUT2D eigenvalue weighted by molar-refractivity contribution is 5.05. The zero-order valence-corrected chi connectivity index (χ0v) is 6.31. The van der Waals surface area contributed by atoms with Crippen LogP contribution in [0.5, 0.6) is 0 Å². The first-order valence-corrected chi connectivity index (χ1v) is 3.27. The maximum Gasteiger partial charge on any atom is 0.106 e. The smallest absolute Gasteiger partial charge is 0.106 e. The largest absolute Gasteiger partial charge is 0.313 e. The topological polar surface area (TPSA) is 49.8 Å². The van der Waals surface area contributed by atoms with Gasteiger partial charge in [-0.2, -0.15) is 5.26 Å². The van der Waals surface area contributed by atoms with Crippen molar-refractivity contribution in [3.05, 3.63) is 0 Å². The zero-order valence-electron chi connectivity index (χ0n) is 6.31. The highest BCUT2D eigenvalue weighted by atomic mass is 14.7. The van der Waals surface area contributed by atoms with E-state index in [1.54, 1.807) is 0 Å². The summed E-state index contributed by atoms with van der Waals surface area (Å²) in [6, 6.07) is 2.11. The van der Waals surface area contributed by atoms with Crippen LogP contribution in [0.4, 0.5) is 0 Å². The predicted molar refractivity (Wildman–Crippen MR) is 37.7 cm³/mol. The van der Waals surface area contributed by atoms with E-state index in [-0.39, 0.29) is 5.92 Å². The van der Waals surface area contributed by atoms with Crippen molar-refractivity contribution in [3.8, 4) is 6.07 Å². The second kappa shape index (κ2) is 2.84. The third kappa shape index (κ3) is 1.69. The van der Waals surface area contributed by atoms with E-state index in [4.69, 9.17) is 11.0 Å². The molecular weight excluding hydrogens is 112 g/mol. The van der Waals surface area contributed by atoms with E-state index in [0.717, 1.165) is 6.42 Å². The molecule has 0 saturated heterocycles. The Hall–Kier alpha value is -0.550. The van der Waals surface area contributed by atoms with Crippen LogP contribution in [0.3, 0.4) is 0 Å². The van der Waals surface area contributed by atoms with Crippen LogP contribution in [-0.4, -0.2) is 5.54 Å². The molecule has 0 aromatic carbocycles. The lowest BCUT2D eigenvalue weighted by Gasteiger charge is -2.23. The van der Waals surface area contributed by atoms with Gasteiger partial charge in [-0.1, -0.05) is 20.8 Å². The lowest BCUT2D eigenvalue weighted by Crippen LogP contribution is -2.42. The number of nitrogens with two attached hydrogens (primary N) is 1. The molecule has 0 fully saturated rings. The average Bonchev–Trinajstić information content (AvgIpc) is 1.86. The number of nitrogens with zero attached hydrogens (tertiary/aromatic N) is 1. The molecule has 0 bridgehead atoms. The van der Waals surface area contributed by atoms with Crippen LogP contribution in [0, 0.1) is 17.2 Å². The Balaban J connectivity index is 4.14. The van der Waals surface area contributed by atoms with E-state index in [9.17, 15) is 0 Å². The van der Waals surface area contributed by atoms with Gasteiger partial charge in [0.25, 0.3) is 0 Å². The van der Waals surface area contributed by atoms with Crippen molar-refractivity contribution in [1.29, 1.82) is 5.26 Å². The second-order valence-electron chi connectivity index (χ2n) is 2.66. The molecule has 0 saturated carbocycles. The molecule has 0 aromatic heterocycles. The van der Waals surface area contributed by atoms with Gasteiger partial charge in [0.2, 0.25) is 0 Å². The van der Waals surface area contributed by atoms with Gasteiger partial charge in [0.1, 0.15) is 5.54 Å². The maximum atomic E-state index is 8.58. The summed E-state index contributed by atoms with van der Waals surface area (Å²) in [7, 11) is 0. The summed E-state index contributed by atoms with van der Waals surface area (Å²) in [5.74, 6) is 0.243. The van der Waals surface area contributed by atoms with E-state index in [2.05, 4.69) is 6.07 Å². The van der Waals surface area contributed by atoms with Gasteiger partial charge in [0.05, 0.1) is 6.07 Å². The molecule has 0 spiro atoms. The molecule has 0 aliphatic rings. The molecule has 0 aromatic rings. The van der Waals surface area contributed by atoms with Crippen molar-refractivity contribution >= 4 is 0 Å². The molecule has 2 heteroatoms. The minimum Gasteiger partial charge on any atom is -0.313 e. The van der Waals surface area contributed by atoms with Crippen molar-refractivity contribution in [2.75, 3.05) is 0 Å². The maximum absolute atomic E-state index is 8.58. The number of rotatable bonds is 2. The highest BCUT2D eigenvalue weighted by Crippen LogP contribution is 2.15. The molecule has 0 amide bonds. The van der Waals surface area contributed by atoms with Crippen LogP contribution in [-0.2, 0) is 0 Å². The Kier molecular flexibility index (Phi) is 2.66. The van der Waals surface area contributed by atoms with Gasteiger partial charge in [-0.15, -0.1) is 0 Å². The van der Waals surface area contributed by atoms with Crippen LogP contribution in [0.1, 0.15) is 27.2 Å². The molecule has 9 heavy (non-hydrogen) atoms. The lowest BCUT2D eigenvalue weighted by molar-refractivity contribution is 0.384. The standard InChI is InChI=1S/C7H14N2/c1-4-7(9,5-8)6(2)3/h6H,4,9H2,1-3H3/t7-/m1/s1. The first-order valence-electron chi connectivity index (χ1n) is 3.27. The van der Waals surface area contributed by atoms with E-state index in [1.807, 2.05) is 20.8 Å². The van der Waals surface area contributed by atoms with Gasteiger partial charge in [0, 0.05) is 0 Å². The fraction of sp³-hybridized carbons (Fsp3) is 0.857. The number of nitriles is 1. The van der Waals surface area contributed by atoms with Crippen molar-refractivity contribution in [2.45, 2.75) is 32.7 Å². The Morgan fingerprint density at radius 2 is 2.11 bits per heavy atom. The second-order valence-corrected chi connectivity index (χ2v) is 2.66. The third-order valence-electron chi connectivity index (χ3n) is 1.82. The van der Waals surface area contributed by atoms with E-state index >= 15 is 0 Å². The van der Waals surface area contributed by atoms with Gasteiger partial charge in [-0.25, -0.2) is 0 Å². The molecule has 2 N–H and O–H groups in total. The van der Waals surface area contributed by atoms with E-state index in [1.165, 1.54) is 0 Å². The summed E-state index contributed by atoms with van der Waals surface area (Å²) in [6.07, 6.45) is 0.723. The number of hydrogen-bond donors (Lipinski definition) is 1. The van der Waals surface area contributed by atoms with Crippen LogP contribution in [0.25, 0.3) is 0 Å². The molecule has 0 aliphatic carbocycles. The number of hydrogen-bond acceptors (Lipinski definition) is 2. The highest BCUT2D eigenvalue weighted by Gasteiger charge is 2.25. The van der Waals surface area contributed by atoms with Crippen molar-refractivity contribution < 1.29 is 0 Å². The predicted octanol–water partition coefficient (Wildman–Crippen LogP) is 1.27. The molecule has 0 unspecified atom stereocenters. The van der Waals surface area contributed by atoms with Crippen LogP contribution < -0.4 is 5.73 Å². The fourth-order valence-corrected chi connectivity index (χ4v) is 0.616. The molecule has 2 nitrogen and oxygen atoms in total. The van der Waals surface area contributed by atoms with Gasteiger partial charge in [-0.05, 0) is 12.3 Å². The molecule has 1 atom stereocenters. The summed E-state index contributed by atoms with van der Waals surface area (Å²) in [6.45, 7) is 5.86. The van der Waals surface area contributed by atoms with Gasteiger partial charge < -0.3 is 5.73 Å².